The molecule has 2 N–H and O–H groups in total. The summed E-state index contributed by atoms with van der Waals surface area (Å²) in [6.07, 6.45) is 0.212. The predicted molar refractivity (Wildman–Crippen MR) is 151 cm³/mol. The molecule has 0 unspecified atom stereocenters. The largest absolute Gasteiger partial charge is 0.324 e. The van der Waals surface area contributed by atoms with Crippen molar-refractivity contribution in [3.63, 3.8) is 0 Å². The number of hydrogen-bond acceptors (Lipinski definition) is 4. The Morgan fingerprint density at radius 3 is 2.03 bits per heavy atom. The van der Waals surface area contributed by atoms with Crippen LogP contribution in [0.1, 0.15) is 22.3 Å². The Morgan fingerprint density at radius 2 is 1.38 bits per heavy atom. The van der Waals surface area contributed by atoms with Gasteiger partial charge in [-0.25, -0.2) is 8.42 Å². The molecule has 5 nitrogen and oxygen atoms in total. The first-order valence-corrected chi connectivity index (χ1v) is 14.3. The van der Waals surface area contributed by atoms with Crippen LogP contribution in [0.4, 0.5) is 5.69 Å². The highest BCUT2D eigenvalue weighted by molar-refractivity contribution is 7.99. The molecule has 0 bridgehead atoms. The first-order chi connectivity index (χ1) is 17.7. The van der Waals surface area contributed by atoms with Crippen molar-refractivity contribution >= 4 is 33.4 Å². The van der Waals surface area contributed by atoms with Gasteiger partial charge in [-0.2, -0.15) is 4.72 Å². The van der Waals surface area contributed by atoms with Crippen LogP contribution in [0.3, 0.4) is 0 Å². The van der Waals surface area contributed by atoms with Gasteiger partial charge in [-0.05, 0) is 68.1 Å². The van der Waals surface area contributed by atoms with Crippen molar-refractivity contribution in [2.24, 2.45) is 0 Å². The summed E-state index contributed by atoms with van der Waals surface area (Å²) in [7, 11) is -3.97. The fraction of sp³-hybridized carbons (Fsp3) is 0.167. The fourth-order valence-corrected chi connectivity index (χ4v) is 6.94. The summed E-state index contributed by atoms with van der Waals surface area (Å²) in [6.45, 7) is 5.48. The van der Waals surface area contributed by atoms with Crippen LogP contribution >= 0.6 is 11.8 Å². The van der Waals surface area contributed by atoms with E-state index in [1.165, 1.54) is 11.8 Å². The van der Waals surface area contributed by atoms with Gasteiger partial charge in [0.1, 0.15) is 6.04 Å². The van der Waals surface area contributed by atoms with Crippen LogP contribution in [0.25, 0.3) is 0 Å². The lowest BCUT2D eigenvalue weighted by atomic mass is 10.1. The van der Waals surface area contributed by atoms with E-state index in [4.69, 9.17) is 0 Å². The Kier molecular flexibility index (Phi) is 8.48. The SMILES string of the molecule is Cc1cc(C)c(S(=O)(=O)N[C@H](Cc2ccccc2)C(=O)Nc2ccccc2Sc2ccccc2)c(C)c1. The second-order valence-corrected chi connectivity index (χ2v) is 11.8. The van der Waals surface area contributed by atoms with E-state index >= 15 is 0 Å². The number of sulfonamides is 1. The molecule has 0 aliphatic heterocycles. The first kappa shape index (κ1) is 26.7. The molecule has 4 aromatic carbocycles. The van der Waals surface area contributed by atoms with Crippen molar-refractivity contribution in [2.45, 2.75) is 47.9 Å². The Morgan fingerprint density at radius 1 is 0.811 bits per heavy atom. The van der Waals surface area contributed by atoms with Gasteiger partial charge >= 0.3 is 0 Å². The van der Waals surface area contributed by atoms with Gasteiger partial charge in [-0.1, -0.05) is 90.1 Å². The van der Waals surface area contributed by atoms with Crippen LogP contribution in [0.5, 0.6) is 0 Å². The van der Waals surface area contributed by atoms with Crippen molar-refractivity contribution in [1.82, 2.24) is 4.72 Å². The lowest BCUT2D eigenvalue weighted by Crippen LogP contribution is -2.45. The molecule has 0 saturated heterocycles. The Balaban J connectivity index is 1.64. The average Bonchev–Trinajstić information content (AvgIpc) is 2.85. The molecular formula is C30H30N2O3S2. The van der Waals surface area contributed by atoms with E-state index in [2.05, 4.69) is 10.0 Å². The minimum absolute atomic E-state index is 0.212. The van der Waals surface area contributed by atoms with E-state index in [0.717, 1.165) is 20.9 Å². The van der Waals surface area contributed by atoms with Crippen LogP contribution in [-0.2, 0) is 21.2 Å². The van der Waals surface area contributed by atoms with E-state index in [1.807, 2.05) is 104 Å². The van der Waals surface area contributed by atoms with Crippen molar-refractivity contribution < 1.29 is 13.2 Å². The Bertz CT molecular complexity index is 1470. The molecule has 0 aliphatic rings. The van der Waals surface area contributed by atoms with Crippen LogP contribution in [0.15, 0.2) is 112 Å². The van der Waals surface area contributed by atoms with Gasteiger partial charge in [0, 0.05) is 9.79 Å². The molecule has 7 heteroatoms. The van der Waals surface area contributed by atoms with Gasteiger partial charge in [-0.3, -0.25) is 4.79 Å². The molecule has 190 valence electrons. The molecule has 0 aromatic heterocycles. The minimum atomic E-state index is -3.97. The maximum Gasteiger partial charge on any atom is 0.242 e. The number of aryl methyl sites for hydroxylation is 3. The monoisotopic (exact) mass is 530 g/mol. The number of carbonyl (C=O) groups is 1. The quantitative estimate of drug-likeness (QED) is 0.267. The van der Waals surface area contributed by atoms with Gasteiger partial charge < -0.3 is 5.32 Å². The standard InChI is InChI=1S/C30H30N2O3S2/c1-21-18-22(2)29(23(3)19-21)37(34,35)32-27(20-24-12-6-4-7-13-24)30(33)31-26-16-10-11-17-28(26)36-25-14-8-5-9-15-25/h4-19,27,32H,20H2,1-3H3,(H,31,33)/t27-/m1/s1. The number of benzene rings is 4. The van der Waals surface area contributed by atoms with Gasteiger partial charge in [-0.15, -0.1) is 0 Å². The molecule has 1 atom stereocenters. The van der Waals surface area contributed by atoms with Crippen molar-refractivity contribution in [3.05, 3.63) is 119 Å². The minimum Gasteiger partial charge on any atom is -0.324 e. The smallest absolute Gasteiger partial charge is 0.242 e. The number of anilines is 1. The number of rotatable bonds is 9. The summed E-state index contributed by atoms with van der Waals surface area (Å²) in [5.74, 6) is -0.420. The number of para-hydroxylation sites is 1. The first-order valence-electron chi connectivity index (χ1n) is 12.0. The zero-order valence-corrected chi connectivity index (χ0v) is 22.7. The second kappa shape index (κ2) is 11.8. The number of hydrogen-bond donors (Lipinski definition) is 2. The van der Waals surface area contributed by atoms with Crippen molar-refractivity contribution in [1.29, 1.82) is 0 Å². The van der Waals surface area contributed by atoms with Gasteiger partial charge in [0.25, 0.3) is 0 Å². The van der Waals surface area contributed by atoms with Crippen LogP contribution in [0.2, 0.25) is 0 Å². The topological polar surface area (TPSA) is 75.3 Å². The third-order valence-electron chi connectivity index (χ3n) is 5.89. The van der Waals surface area contributed by atoms with E-state index in [1.54, 1.807) is 13.8 Å². The summed E-state index contributed by atoms with van der Waals surface area (Å²) < 4.78 is 29.8. The Labute approximate surface area is 223 Å². The molecule has 0 radical (unpaired) electrons. The zero-order valence-electron chi connectivity index (χ0n) is 21.1. The average molecular weight is 531 g/mol. The van der Waals surface area contributed by atoms with Crippen LogP contribution < -0.4 is 10.0 Å². The lowest BCUT2D eigenvalue weighted by molar-refractivity contribution is -0.117. The molecule has 0 heterocycles. The molecule has 0 fully saturated rings. The second-order valence-electron chi connectivity index (χ2n) is 8.99. The van der Waals surface area contributed by atoms with Crippen LogP contribution in [-0.4, -0.2) is 20.4 Å². The zero-order chi connectivity index (χ0) is 26.4. The number of carbonyl (C=O) groups excluding carboxylic acids is 1. The third-order valence-corrected chi connectivity index (χ3v) is 8.75. The lowest BCUT2D eigenvalue weighted by Gasteiger charge is -2.21. The van der Waals surface area contributed by atoms with E-state index in [0.29, 0.717) is 16.8 Å². The Hall–Kier alpha value is -3.39. The summed E-state index contributed by atoms with van der Waals surface area (Å²) in [5, 5.41) is 2.98. The highest BCUT2D eigenvalue weighted by Gasteiger charge is 2.29. The predicted octanol–water partition coefficient (Wildman–Crippen LogP) is 6.29. The van der Waals surface area contributed by atoms with Gasteiger partial charge in [0.05, 0.1) is 10.6 Å². The molecule has 0 aliphatic carbocycles. The molecular weight excluding hydrogens is 500 g/mol. The maximum absolute atomic E-state index is 13.6. The normalized spacial score (nSPS) is 12.2. The fourth-order valence-electron chi connectivity index (χ4n) is 4.37. The van der Waals surface area contributed by atoms with Crippen molar-refractivity contribution in [2.75, 3.05) is 5.32 Å². The van der Waals surface area contributed by atoms with E-state index in [-0.39, 0.29) is 11.3 Å². The van der Waals surface area contributed by atoms with Gasteiger partial charge in [0.15, 0.2) is 0 Å². The van der Waals surface area contributed by atoms with Gasteiger partial charge in [0.2, 0.25) is 15.9 Å². The van der Waals surface area contributed by atoms with Crippen molar-refractivity contribution in [3.8, 4) is 0 Å². The van der Waals surface area contributed by atoms with Crippen LogP contribution in [0, 0.1) is 20.8 Å². The highest BCUT2D eigenvalue weighted by atomic mass is 32.2. The number of nitrogens with one attached hydrogen (secondary N) is 2. The summed E-state index contributed by atoms with van der Waals surface area (Å²) in [5.41, 5.74) is 3.76. The van der Waals surface area contributed by atoms with E-state index in [9.17, 15) is 13.2 Å². The molecule has 0 spiro atoms. The third kappa shape index (κ3) is 6.89. The summed E-state index contributed by atoms with van der Waals surface area (Å²) >= 11 is 1.53. The summed E-state index contributed by atoms with van der Waals surface area (Å²) in [6, 6.07) is 29.5. The molecule has 4 aromatic rings. The summed E-state index contributed by atoms with van der Waals surface area (Å²) in [4.78, 5) is 15.7. The molecule has 0 saturated carbocycles. The number of amides is 1. The molecule has 37 heavy (non-hydrogen) atoms. The van der Waals surface area contributed by atoms with E-state index < -0.39 is 22.0 Å². The molecule has 4 rings (SSSR count). The molecule has 1 amide bonds. The maximum atomic E-state index is 13.6. The highest BCUT2D eigenvalue weighted by Crippen LogP contribution is 2.33.